The Balaban J connectivity index is 2.26. The molecule has 1 aromatic heterocycles. The molecule has 2 aromatic rings. The lowest BCUT2D eigenvalue weighted by Gasteiger charge is -2.07. The van der Waals surface area contributed by atoms with Gasteiger partial charge in [0.25, 0.3) is 11.6 Å². The van der Waals surface area contributed by atoms with Crippen LogP contribution in [0.3, 0.4) is 0 Å². The van der Waals surface area contributed by atoms with Crippen LogP contribution in [0.2, 0.25) is 0 Å². The van der Waals surface area contributed by atoms with Crippen molar-refractivity contribution in [3.8, 4) is 0 Å². The largest absolute Gasteiger partial charge is 0.340 e. The van der Waals surface area contributed by atoms with Crippen LogP contribution in [-0.4, -0.2) is 15.4 Å². The summed E-state index contributed by atoms with van der Waals surface area (Å²) in [5.41, 5.74) is -0.130. The zero-order valence-electron chi connectivity index (χ0n) is 10.3. The third kappa shape index (κ3) is 2.85. The number of amides is 1. The number of anilines is 1. The van der Waals surface area contributed by atoms with Gasteiger partial charge in [-0.25, -0.2) is 4.39 Å². The number of hydrogen-bond acceptors (Lipinski definition) is 3. The number of aryl methyl sites for hydroxylation is 1. The second kappa shape index (κ2) is 5.41. The maximum atomic E-state index is 13.6. The Kier molecular flexibility index (Phi) is 3.84. The molecule has 1 amide bonds. The minimum absolute atomic E-state index is 0.00190. The summed E-state index contributed by atoms with van der Waals surface area (Å²) in [7, 11) is 1.50. The number of nitro groups is 1. The number of carbonyl (C=O) groups is 1. The van der Waals surface area contributed by atoms with E-state index in [1.54, 1.807) is 6.07 Å². The van der Waals surface area contributed by atoms with Gasteiger partial charge in [0.1, 0.15) is 11.5 Å². The molecule has 0 aliphatic heterocycles. The van der Waals surface area contributed by atoms with E-state index < -0.39 is 16.6 Å². The molecular formula is C12H9BrFN3O3. The highest BCUT2D eigenvalue weighted by Crippen LogP contribution is 2.21. The molecule has 0 aliphatic carbocycles. The molecule has 0 radical (unpaired) electrons. The summed E-state index contributed by atoms with van der Waals surface area (Å²) in [6, 6.07) is 5.32. The summed E-state index contributed by atoms with van der Waals surface area (Å²) < 4.78 is 15.5. The molecule has 0 fully saturated rings. The van der Waals surface area contributed by atoms with Crippen LogP contribution >= 0.6 is 15.9 Å². The summed E-state index contributed by atoms with van der Waals surface area (Å²) >= 11 is 3.11. The third-order valence-electron chi connectivity index (χ3n) is 2.61. The first-order chi connectivity index (χ1) is 9.38. The maximum Gasteiger partial charge on any atom is 0.287 e. The normalized spacial score (nSPS) is 10.3. The maximum absolute atomic E-state index is 13.6. The van der Waals surface area contributed by atoms with Crippen molar-refractivity contribution in [3.05, 3.63) is 56.6 Å². The van der Waals surface area contributed by atoms with Crippen LogP contribution in [-0.2, 0) is 7.05 Å². The molecule has 0 aliphatic rings. The fourth-order valence-electron chi connectivity index (χ4n) is 1.65. The van der Waals surface area contributed by atoms with Gasteiger partial charge in [0, 0.05) is 17.6 Å². The summed E-state index contributed by atoms with van der Waals surface area (Å²) in [5.74, 6) is -1.22. The lowest BCUT2D eigenvalue weighted by Crippen LogP contribution is -2.16. The van der Waals surface area contributed by atoms with E-state index in [0.29, 0.717) is 4.47 Å². The number of halogens is 2. The summed E-state index contributed by atoms with van der Waals surface area (Å²) in [6.07, 6.45) is 1.22. The van der Waals surface area contributed by atoms with Gasteiger partial charge >= 0.3 is 0 Å². The Morgan fingerprint density at radius 1 is 1.45 bits per heavy atom. The highest BCUT2D eigenvalue weighted by Gasteiger charge is 2.18. The predicted molar refractivity (Wildman–Crippen MR) is 74.1 cm³/mol. The second-order valence-corrected chi connectivity index (χ2v) is 4.95. The zero-order valence-corrected chi connectivity index (χ0v) is 11.8. The van der Waals surface area contributed by atoms with E-state index in [2.05, 4.69) is 21.2 Å². The van der Waals surface area contributed by atoms with Crippen molar-refractivity contribution in [2.45, 2.75) is 0 Å². The Labute approximate surface area is 121 Å². The highest BCUT2D eigenvalue weighted by atomic mass is 79.9. The molecule has 0 spiro atoms. The molecule has 0 saturated heterocycles. The number of carbonyl (C=O) groups excluding carboxylic acids is 1. The number of aromatic nitrogens is 1. The van der Waals surface area contributed by atoms with Crippen molar-refractivity contribution in [2.24, 2.45) is 7.05 Å². The van der Waals surface area contributed by atoms with Crippen LogP contribution in [0, 0.1) is 15.9 Å². The monoisotopic (exact) mass is 341 g/mol. The van der Waals surface area contributed by atoms with Crippen molar-refractivity contribution < 1.29 is 14.1 Å². The summed E-state index contributed by atoms with van der Waals surface area (Å²) in [5, 5.41) is 13.0. The molecule has 2 rings (SSSR count). The molecule has 20 heavy (non-hydrogen) atoms. The minimum Gasteiger partial charge on any atom is -0.340 e. The van der Waals surface area contributed by atoms with Crippen LogP contribution in [0.5, 0.6) is 0 Å². The van der Waals surface area contributed by atoms with Crippen LogP contribution in [0.4, 0.5) is 15.8 Å². The molecular weight excluding hydrogens is 333 g/mol. The highest BCUT2D eigenvalue weighted by molar-refractivity contribution is 9.10. The van der Waals surface area contributed by atoms with Crippen LogP contribution < -0.4 is 5.32 Å². The molecule has 6 nitrogen and oxygen atoms in total. The topological polar surface area (TPSA) is 77.2 Å². The van der Waals surface area contributed by atoms with Gasteiger partial charge in [0.15, 0.2) is 0 Å². The number of rotatable bonds is 3. The average molecular weight is 342 g/mol. The number of hydrogen-bond donors (Lipinski definition) is 1. The zero-order chi connectivity index (χ0) is 14.9. The van der Waals surface area contributed by atoms with Gasteiger partial charge in [0.2, 0.25) is 0 Å². The van der Waals surface area contributed by atoms with E-state index in [9.17, 15) is 19.3 Å². The van der Waals surface area contributed by atoms with Gasteiger partial charge in [0.05, 0.1) is 16.8 Å². The van der Waals surface area contributed by atoms with Crippen molar-refractivity contribution in [1.82, 2.24) is 4.57 Å². The van der Waals surface area contributed by atoms with Gasteiger partial charge in [-0.1, -0.05) is 15.9 Å². The number of nitrogens with one attached hydrogen (secondary N) is 1. The SMILES string of the molecule is Cn1cc([N+](=O)[O-])cc1C(=O)Nc1ccc(Br)cc1F. The van der Waals surface area contributed by atoms with Crippen LogP contribution in [0.25, 0.3) is 0 Å². The van der Waals surface area contributed by atoms with Crippen LogP contribution in [0.15, 0.2) is 34.9 Å². The Morgan fingerprint density at radius 3 is 2.70 bits per heavy atom. The van der Waals surface area contributed by atoms with Gasteiger partial charge in [-0.15, -0.1) is 0 Å². The van der Waals surface area contributed by atoms with Crippen molar-refractivity contribution in [2.75, 3.05) is 5.32 Å². The number of nitrogens with zero attached hydrogens (tertiary/aromatic N) is 2. The van der Waals surface area contributed by atoms with Crippen molar-refractivity contribution in [3.63, 3.8) is 0 Å². The van der Waals surface area contributed by atoms with E-state index in [4.69, 9.17) is 0 Å². The Bertz CT molecular complexity index is 699. The van der Waals surface area contributed by atoms with Crippen LogP contribution in [0.1, 0.15) is 10.5 Å². The van der Waals surface area contributed by atoms with Gasteiger partial charge in [-0.3, -0.25) is 14.9 Å². The molecule has 8 heteroatoms. The molecule has 1 aromatic carbocycles. The van der Waals surface area contributed by atoms with E-state index in [1.165, 1.54) is 29.9 Å². The average Bonchev–Trinajstić information content (AvgIpc) is 2.75. The Morgan fingerprint density at radius 2 is 2.15 bits per heavy atom. The van der Waals surface area contributed by atoms with Gasteiger partial charge in [-0.2, -0.15) is 0 Å². The quantitative estimate of drug-likeness (QED) is 0.688. The fraction of sp³-hybridized carbons (Fsp3) is 0.0833. The van der Waals surface area contributed by atoms with Crippen molar-refractivity contribution in [1.29, 1.82) is 0 Å². The standard InChI is InChI=1S/C12H9BrFN3O3/c1-16-6-8(17(19)20)5-11(16)12(18)15-10-3-2-7(13)4-9(10)14/h2-6H,1H3,(H,15,18). The predicted octanol–water partition coefficient (Wildman–Crippen LogP) is 3.09. The summed E-state index contributed by atoms with van der Waals surface area (Å²) in [6.45, 7) is 0. The number of benzene rings is 1. The lowest BCUT2D eigenvalue weighted by molar-refractivity contribution is -0.384. The Hall–Kier alpha value is -2.22. The van der Waals surface area contributed by atoms with Gasteiger partial charge < -0.3 is 9.88 Å². The molecule has 0 saturated carbocycles. The first kappa shape index (κ1) is 14.2. The van der Waals surface area contributed by atoms with Crippen molar-refractivity contribution >= 4 is 33.2 Å². The molecule has 0 atom stereocenters. The molecule has 1 N–H and O–H groups in total. The molecule has 0 unspecified atom stereocenters. The molecule has 1 heterocycles. The third-order valence-corrected chi connectivity index (χ3v) is 3.11. The first-order valence-electron chi connectivity index (χ1n) is 5.45. The molecule has 104 valence electrons. The van der Waals surface area contributed by atoms with E-state index in [0.717, 1.165) is 6.07 Å². The van der Waals surface area contributed by atoms with E-state index in [-0.39, 0.29) is 17.1 Å². The summed E-state index contributed by atoms with van der Waals surface area (Å²) in [4.78, 5) is 22.0. The fourth-order valence-corrected chi connectivity index (χ4v) is 1.98. The lowest BCUT2D eigenvalue weighted by atomic mass is 10.3. The van der Waals surface area contributed by atoms with Gasteiger partial charge in [-0.05, 0) is 18.2 Å². The first-order valence-corrected chi connectivity index (χ1v) is 6.25. The minimum atomic E-state index is -0.623. The van der Waals surface area contributed by atoms with E-state index >= 15 is 0 Å². The smallest absolute Gasteiger partial charge is 0.287 e. The van der Waals surface area contributed by atoms with E-state index in [1.807, 2.05) is 0 Å². The second-order valence-electron chi connectivity index (χ2n) is 4.03. The molecule has 0 bridgehead atoms.